The van der Waals surface area contributed by atoms with Crippen LogP contribution in [0.5, 0.6) is 0 Å². The predicted octanol–water partition coefficient (Wildman–Crippen LogP) is 3.13. The minimum Gasteiger partial charge on any atom is -0.379 e. The zero-order chi connectivity index (χ0) is 13.8. The number of unbranched alkanes of at least 4 members (excludes halogenated alkanes) is 1. The number of ether oxygens (including phenoxy) is 2. The minimum atomic E-state index is 0.664. The number of hydrogen-bond donors (Lipinski definition) is 1. The van der Waals surface area contributed by atoms with Crippen LogP contribution in [0, 0.1) is 0 Å². The fourth-order valence-corrected chi connectivity index (χ4v) is 1.76. The zero-order valence-corrected chi connectivity index (χ0v) is 12.3. The fraction of sp³-hybridized carbons (Fsp3) is 0.625. The van der Waals surface area contributed by atoms with Crippen LogP contribution in [0.1, 0.15) is 37.8 Å². The summed E-state index contributed by atoms with van der Waals surface area (Å²) in [5.74, 6) is 0. The molecule has 3 heteroatoms. The van der Waals surface area contributed by atoms with Gasteiger partial charge in [0.15, 0.2) is 0 Å². The molecule has 0 fully saturated rings. The Hall–Kier alpha value is -0.900. The first-order chi connectivity index (χ1) is 9.36. The molecule has 1 aromatic carbocycles. The van der Waals surface area contributed by atoms with Gasteiger partial charge in [-0.05, 0) is 24.1 Å². The molecule has 3 nitrogen and oxygen atoms in total. The van der Waals surface area contributed by atoms with Crippen molar-refractivity contribution in [2.45, 2.75) is 39.8 Å². The third-order valence-corrected chi connectivity index (χ3v) is 2.85. The Morgan fingerprint density at radius 2 is 1.79 bits per heavy atom. The Morgan fingerprint density at radius 1 is 1.00 bits per heavy atom. The molecule has 0 saturated carbocycles. The van der Waals surface area contributed by atoms with E-state index >= 15 is 0 Å². The summed E-state index contributed by atoms with van der Waals surface area (Å²) < 4.78 is 11.1. The summed E-state index contributed by atoms with van der Waals surface area (Å²) in [5, 5.41) is 3.33. The lowest BCUT2D eigenvalue weighted by molar-refractivity contribution is 0.0396. The normalized spacial score (nSPS) is 10.8. The molecular formula is C16H27NO2. The van der Waals surface area contributed by atoms with Crippen LogP contribution in [0.4, 0.5) is 0 Å². The Labute approximate surface area is 117 Å². The van der Waals surface area contributed by atoms with Crippen LogP contribution in [0.3, 0.4) is 0 Å². The van der Waals surface area contributed by atoms with Crippen molar-refractivity contribution in [1.29, 1.82) is 0 Å². The lowest BCUT2D eigenvalue weighted by Crippen LogP contribution is -2.12. The Balaban J connectivity index is 2.14. The SMILES string of the molecule is CCCCOCCOCc1cccc(CNCC)c1. The van der Waals surface area contributed by atoms with Crippen molar-refractivity contribution in [3.05, 3.63) is 35.4 Å². The second-order valence-corrected chi connectivity index (χ2v) is 4.62. The van der Waals surface area contributed by atoms with Gasteiger partial charge >= 0.3 is 0 Å². The highest BCUT2D eigenvalue weighted by atomic mass is 16.5. The van der Waals surface area contributed by atoms with Gasteiger partial charge in [-0.15, -0.1) is 0 Å². The third-order valence-electron chi connectivity index (χ3n) is 2.85. The second kappa shape index (κ2) is 11.0. The third kappa shape index (κ3) is 7.98. The molecule has 0 radical (unpaired) electrons. The maximum atomic E-state index is 5.61. The van der Waals surface area contributed by atoms with Gasteiger partial charge in [0.2, 0.25) is 0 Å². The highest BCUT2D eigenvalue weighted by molar-refractivity contribution is 5.22. The second-order valence-electron chi connectivity index (χ2n) is 4.62. The molecular weight excluding hydrogens is 238 g/mol. The van der Waals surface area contributed by atoms with Crippen LogP contribution >= 0.6 is 0 Å². The van der Waals surface area contributed by atoms with Gasteiger partial charge in [-0.1, -0.05) is 44.5 Å². The smallest absolute Gasteiger partial charge is 0.0718 e. The summed E-state index contributed by atoms with van der Waals surface area (Å²) in [4.78, 5) is 0. The fourth-order valence-electron chi connectivity index (χ4n) is 1.76. The molecule has 0 amide bonds. The summed E-state index contributed by atoms with van der Waals surface area (Å²) in [6, 6.07) is 8.52. The molecule has 0 spiro atoms. The molecule has 0 unspecified atom stereocenters. The molecule has 108 valence electrons. The van der Waals surface area contributed by atoms with E-state index in [1.54, 1.807) is 0 Å². The summed E-state index contributed by atoms with van der Waals surface area (Å²) in [6.45, 7) is 9.07. The van der Waals surface area contributed by atoms with Gasteiger partial charge in [-0.25, -0.2) is 0 Å². The summed E-state index contributed by atoms with van der Waals surface area (Å²) in [6.07, 6.45) is 2.31. The summed E-state index contributed by atoms with van der Waals surface area (Å²) >= 11 is 0. The standard InChI is InChI=1S/C16H27NO2/c1-3-5-9-18-10-11-19-14-16-8-6-7-15(12-16)13-17-4-2/h6-8,12,17H,3-5,9-11,13-14H2,1-2H3. The average molecular weight is 265 g/mol. The van der Waals surface area contributed by atoms with Crippen molar-refractivity contribution >= 4 is 0 Å². The predicted molar refractivity (Wildman–Crippen MR) is 79.2 cm³/mol. The molecule has 0 saturated heterocycles. The average Bonchev–Trinajstić information content (AvgIpc) is 2.44. The molecule has 0 heterocycles. The van der Waals surface area contributed by atoms with E-state index in [9.17, 15) is 0 Å². The van der Waals surface area contributed by atoms with Gasteiger partial charge in [0.1, 0.15) is 0 Å². The molecule has 1 rings (SSSR count). The number of nitrogens with one attached hydrogen (secondary N) is 1. The van der Waals surface area contributed by atoms with Gasteiger partial charge in [0, 0.05) is 13.2 Å². The molecule has 0 aliphatic rings. The highest BCUT2D eigenvalue weighted by Crippen LogP contribution is 2.06. The monoisotopic (exact) mass is 265 g/mol. The minimum absolute atomic E-state index is 0.664. The molecule has 0 bridgehead atoms. The van der Waals surface area contributed by atoms with Crippen LogP contribution in [0.25, 0.3) is 0 Å². The molecule has 1 N–H and O–H groups in total. The Morgan fingerprint density at radius 3 is 2.58 bits per heavy atom. The van der Waals surface area contributed by atoms with Crippen molar-refractivity contribution in [3.63, 3.8) is 0 Å². The van der Waals surface area contributed by atoms with Crippen molar-refractivity contribution < 1.29 is 9.47 Å². The topological polar surface area (TPSA) is 30.5 Å². The van der Waals surface area contributed by atoms with Crippen LogP contribution in [-0.4, -0.2) is 26.4 Å². The van der Waals surface area contributed by atoms with Crippen molar-refractivity contribution in [3.8, 4) is 0 Å². The van der Waals surface area contributed by atoms with Gasteiger partial charge in [0.25, 0.3) is 0 Å². The van der Waals surface area contributed by atoms with Gasteiger partial charge in [0.05, 0.1) is 19.8 Å². The van der Waals surface area contributed by atoms with E-state index in [-0.39, 0.29) is 0 Å². The van der Waals surface area contributed by atoms with E-state index in [4.69, 9.17) is 9.47 Å². The zero-order valence-electron chi connectivity index (χ0n) is 12.3. The highest BCUT2D eigenvalue weighted by Gasteiger charge is 1.96. The summed E-state index contributed by atoms with van der Waals surface area (Å²) in [5.41, 5.74) is 2.53. The lowest BCUT2D eigenvalue weighted by atomic mass is 10.1. The lowest BCUT2D eigenvalue weighted by Gasteiger charge is -2.07. The van der Waals surface area contributed by atoms with Crippen molar-refractivity contribution in [2.75, 3.05) is 26.4 Å². The number of rotatable bonds is 11. The quantitative estimate of drug-likeness (QED) is 0.624. The molecule has 1 aromatic rings. The van der Waals surface area contributed by atoms with E-state index in [2.05, 4.69) is 43.4 Å². The molecule has 19 heavy (non-hydrogen) atoms. The molecule has 0 aliphatic heterocycles. The number of benzene rings is 1. The van der Waals surface area contributed by atoms with Crippen LogP contribution < -0.4 is 5.32 Å². The van der Waals surface area contributed by atoms with Crippen molar-refractivity contribution in [2.24, 2.45) is 0 Å². The van der Waals surface area contributed by atoms with Gasteiger partial charge in [-0.2, -0.15) is 0 Å². The first-order valence-corrected chi connectivity index (χ1v) is 7.30. The number of hydrogen-bond acceptors (Lipinski definition) is 3. The van der Waals surface area contributed by atoms with E-state index in [0.29, 0.717) is 19.8 Å². The molecule has 0 aromatic heterocycles. The Bertz CT molecular complexity index is 328. The first kappa shape index (κ1) is 16.2. The van der Waals surface area contributed by atoms with Crippen LogP contribution in [-0.2, 0) is 22.6 Å². The van der Waals surface area contributed by atoms with Crippen LogP contribution in [0.15, 0.2) is 24.3 Å². The largest absolute Gasteiger partial charge is 0.379 e. The first-order valence-electron chi connectivity index (χ1n) is 7.30. The molecule has 0 atom stereocenters. The van der Waals surface area contributed by atoms with E-state index in [1.165, 1.54) is 17.5 Å². The van der Waals surface area contributed by atoms with Gasteiger partial charge in [-0.3, -0.25) is 0 Å². The van der Waals surface area contributed by atoms with Gasteiger partial charge < -0.3 is 14.8 Å². The van der Waals surface area contributed by atoms with Crippen molar-refractivity contribution in [1.82, 2.24) is 5.32 Å². The van der Waals surface area contributed by atoms with E-state index in [0.717, 1.165) is 26.1 Å². The molecule has 0 aliphatic carbocycles. The summed E-state index contributed by atoms with van der Waals surface area (Å²) in [7, 11) is 0. The maximum absolute atomic E-state index is 5.61. The van der Waals surface area contributed by atoms with E-state index < -0.39 is 0 Å². The van der Waals surface area contributed by atoms with E-state index in [1.807, 2.05) is 0 Å². The van der Waals surface area contributed by atoms with Crippen LogP contribution in [0.2, 0.25) is 0 Å². The maximum Gasteiger partial charge on any atom is 0.0718 e. The Kier molecular flexibility index (Phi) is 9.33.